The number of hydrogen-bond donors (Lipinski definition) is 1. The van der Waals surface area contributed by atoms with E-state index in [1.807, 2.05) is 26.0 Å². The second-order valence-corrected chi connectivity index (χ2v) is 11.7. The predicted molar refractivity (Wildman–Crippen MR) is 143 cm³/mol. The van der Waals surface area contributed by atoms with Crippen molar-refractivity contribution < 1.29 is 17.6 Å². The molecular weight excluding hydrogens is 536 g/mol. The Hall–Kier alpha value is -3.38. The summed E-state index contributed by atoms with van der Waals surface area (Å²) in [4.78, 5) is 27.1. The Morgan fingerprint density at radius 1 is 1.08 bits per heavy atom. The van der Waals surface area contributed by atoms with Crippen molar-refractivity contribution in [3.05, 3.63) is 73.5 Å². The maximum Gasteiger partial charge on any atom is 0.259 e. The van der Waals surface area contributed by atoms with Crippen LogP contribution in [-0.4, -0.2) is 23.4 Å². The Morgan fingerprint density at radius 3 is 2.57 bits per heavy atom. The lowest BCUT2D eigenvalue weighted by atomic mass is 10.0. The Kier molecular flexibility index (Phi) is 6.27. The van der Waals surface area contributed by atoms with Crippen molar-refractivity contribution in [1.82, 2.24) is 15.0 Å². The van der Waals surface area contributed by atoms with Gasteiger partial charge in [0.15, 0.2) is 16.9 Å². The zero-order chi connectivity index (χ0) is 26.6. The molecule has 1 atom stereocenters. The van der Waals surface area contributed by atoms with Crippen LogP contribution in [0.5, 0.6) is 5.75 Å². The summed E-state index contributed by atoms with van der Waals surface area (Å²) in [7, 11) is -4.21. The van der Waals surface area contributed by atoms with Crippen LogP contribution in [0.25, 0.3) is 32.8 Å². The molecule has 9 nitrogen and oxygen atoms in total. The summed E-state index contributed by atoms with van der Waals surface area (Å²) in [6.07, 6.45) is -0.746. The third-order valence-electron chi connectivity index (χ3n) is 5.79. The number of pyridine rings is 2. The van der Waals surface area contributed by atoms with E-state index in [-0.39, 0.29) is 16.3 Å². The highest BCUT2D eigenvalue weighted by molar-refractivity contribution is 7.89. The minimum absolute atomic E-state index is 0.0447. The van der Waals surface area contributed by atoms with Crippen LogP contribution in [0.3, 0.4) is 0 Å². The second kappa shape index (κ2) is 9.18. The molecule has 4 heterocycles. The van der Waals surface area contributed by atoms with Gasteiger partial charge in [0.1, 0.15) is 32.9 Å². The van der Waals surface area contributed by atoms with E-state index >= 15 is 0 Å². The molecule has 0 aliphatic carbocycles. The van der Waals surface area contributed by atoms with Gasteiger partial charge in [-0.05, 0) is 69.7 Å². The first-order chi connectivity index (χ1) is 17.4. The fraction of sp³-hybridized carbons (Fsp3) is 0.200. The molecular formula is C25H21ClN4O5S2. The van der Waals surface area contributed by atoms with Crippen LogP contribution in [0.4, 0.5) is 0 Å². The number of aromatic nitrogens is 3. The molecule has 0 saturated heterocycles. The second-order valence-electron chi connectivity index (χ2n) is 8.61. The van der Waals surface area contributed by atoms with Crippen LogP contribution >= 0.6 is 22.9 Å². The van der Waals surface area contributed by atoms with E-state index in [0.29, 0.717) is 33.6 Å². The van der Waals surface area contributed by atoms with Gasteiger partial charge in [-0.3, -0.25) is 4.79 Å². The molecule has 37 heavy (non-hydrogen) atoms. The minimum atomic E-state index is -4.21. The first-order valence-corrected chi connectivity index (χ1v) is 13.8. The molecule has 0 aliphatic heterocycles. The fourth-order valence-corrected chi connectivity index (χ4v) is 5.72. The Bertz CT molecular complexity index is 1880. The summed E-state index contributed by atoms with van der Waals surface area (Å²) in [5, 5.41) is 6.05. The molecule has 4 aromatic heterocycles. The predicted octanol–water partition coefficient (Wildman–Crippen LogP) is 5.23. The van der Waals surface area contributed by atoms with E-state index in [9.17, 15) is 13.2 Å². The van der Waals surface area contributed by atoms with Crippen LogP contribution < -0.4 is 15.3 Å². The number of aryl methyl sites for hydroxylation is 2. The summed E-state index contributed by atoms with van der Waals surface area (Å²) in [6, 6.07) is 9.96. The van der Waals surface area contributed by atoms with Crippen molar-refractivity contribution in [2.24, 2.45) is 5.14 Å². The first kappa shape index (κ1) is 25.3. The van der Waals surface area contributed by atoms with E-state index in [0.717, 1.165) is 20.9 Å². The molecule has 0 bridgehead atoms. The topological polar surface area (TPSA) is 138 Å². The van der Waals surface area contributed by atoms with Gasteiger partial charge in [-0.15, -0.1) is 0 Å². The lowest BCUT2D eigenvalue weighted by Gasteiger charge is -2.19. The lowest BCUT2D eigenvalue weighted by Crippen LogP contribution is -2.17. The van der Waals surface area contributed by atoms with E-state index < -0.39 is 21.2 Å². The van der Waals surface area contributed by atoms with E-state index in [1.54, 1.807) is 26.0 Å². The molecule has 0 aliphatic rings. The number of primary sulfonamides is 1. The first-order valence-electron chi connectivity index (χ1n) is 11.1. The van der Waals surface area contributed by atoms with Gasteiger partial charge in [0, 0.05) is 11.1 Å². The quantitative estimate of drug-likeness (QED) is 0.290. The van der Waals surface area contributed by atoms with Crippen molar-refractivity contribution in [2.75, 3.05) is 0 Å². The number of benzene rings is 1. The van der Waals surface area contributed by atoms with E-state index in [1.165, 1.54) is 23.5 Å². The highest BCUT2D eigenvalue weighted by Gasteiger charge is 2.24. The summed E-state index contributed by atoms with van der Waals surface area (Å²) < 4.78 is 36.5. The van der Waals surface area contributed by atoms with Crippen LogP contribution in [0.1, 0.15) is 34.7 Å². The van der Waals surface area contributed by atoms with E-state index in [2.05, 4.69) is 15.0 Å². The average Bonchev–Trinajstić information content (AvgIpc) is 3.20. The summed E-state index contributed by atoms with van der Waals surface area (Å²) >= 11 is 7.33. The third-order valence-corrected chi connectivity index (χ3v) is 7.71. The van der Waals surface area contributed by atoms with Crippen molar-refractivity contribution >= 4 is 54.3 Å². The standard InChI is InChI=1S/C25H21ClN4O5S2/c1-11-9-15(13(3)34-19-7-8-20(26)30-25(19)37(27,32)33)23-16(10-11)21(31)12(2)22(35-23)17-5-6-18-24(29-17)36-14(4)28-18/h5-10,13H,1-4H3,(H2,27,32,33)/t13-/m1/s1. The van der Waals surface area contributed by atoms with Gasteiger partial charge in [0.2, 0.25) is 5.03 Å². The van der Waals surface area contributed by atoms with Crippen molar-refractivity contribution in [3.8, 4) is 17.2 Å². The van der Waals surface area contributed by atoms with Crippen molar-refractivity contribution in [3.63, 3.8) is 0 Å². The number of nitrogens with two attached hydrogens (primary N) is 1. The molecule has 190 valence electrons. The number of thiazole rings is 1. The molecule has 0 unspecified atom stereocenters. The summed E-state index contributed by atoms with van der Waals surface area (Å²) in [5.41, 5.74) is 3.15. The fourth-order valence-electron chi connectivity index (χ4n) is 4.12. The number of rotatable bonds is 5. The molecule has 5 aromatic rings. The summed E-state index contributed by atoms with van der Waals surface area (Å²) in [5.74, 6) is 0.262. The van der Waals surface area contributed by atoms with Crippen LogP contribution in [0, 0.1) is 20.8 Å². The molecule has 0 saturated carbocycles. The molecule has 0 fully saturated rings. The monoisotopic (exact) mass is 556 g/mol. The molecule has 0 amide bonds. The molecule has 12 heteroatoms. The molecule has 2 N–H and O–H groups in total. The minimum Gasteiger partial charge on any atom is -0.483 e. The number of nitrogens with zero attached hydrogens (tertiary/aromatic N) is 3. The van der Waals surface area contributed by atoms with Gasteiger partial charge in [0.25, 0.3) is 10.0 Å². The van der Waals surface area contributed by atoms with Gasteiger partial charge in [0.05, 0.1) is 10.4 Å². The normalized spacial score (nSPS) is 12.8. The third kappa shape index (κ3) is 4.71. The van der Waals surface area contributed by atoms with Gasteiger partial charge in [-0.2, -0.15) is 0 Å². The Balaban J connectivity index is 1.68. The van der Waals surface area contributed by atoms with Crippen LogP contribution in [-0.2, 0) is 10.0 Å². The van der Waals surface area contributed by atoms with Gasteiger partial charge >= 0.3 is 0 Å². The molecule has 0 radical (unpaired) electrons. The number of ether oxygens (including phenoxy) is 1. The van der Waals surface area contributed by atoms with Crippen molar-refractivity contribution in [2.45, 2.75) is 38.8 Å². The Morgan fingerprint density at radius 2 is 1.84 bits per heavy atom. The lowest BCUT2D eigenvalue weighted by molar-refractivity contribution is 0.219. The number of fused-ring (bicyclic) bond motifs is 2. The zero-order valence-electron chi connectivity index (χ0n) is 20.2. The SMILES string of the molecule is Cc1cc([C@@H](C)Oc2ccc(Cl)nc2S(N)(=O)=O)c2oc(-c3ccc4nc(C)sc4n3)c(C)c(=O)c2c1. The zero-order valence-corrected chi connectivity index (χ0v) is 22.6. The number of sulfonamides is 1. The summed E-state index contributed by atoms with van der Waals surface area (Å²) in [6.45, 7) is 7.16. The Labute approximate surface area is 221 Å². The average molecular weight is 557 g/mol. The highest BCUT2D eigenvalue weighted by Crippen LogP contribution is 2.34. The van der Waals surface area contributed by atoms with Crippen LogP contribution in [0.15, 0.2) is 50.6 Å². The van der Waals surface area contributed by atoms with E-state index in [4.69, 9.17) is 25.9 Å². The number of hydrogen-bond acceptors (Lipinski definition) is 9. The highest BCUT2D eigenvalue weighted by atomic mass is 35.5. The smallest absolute Gasteiger partial charge is 0.259 e. The maximum atomic E-state index is 13.4. The largest absolute Gasteiger partial charge is 0.483 e. The maximum absolute atomic E-state index is 13.4. The van der Waals surface area contributed by atoms with Crippen LogP contribution in [0.2, 0.25) is 5.15 Å². The van der Waals surface area contributed by atoms with Gasteiger partial charge < -0.3 is 9.15 Å². The molecule has 0 spiro atoms. The number of halogens is 1. The molecule has 1 aromatic carbocycles. The van der Waals surface area contributed by atoms with Crippen molar-refractivity contribution in [1.29, 1.82) is 0 Å². The molecule has 5 rings (SSSR count). The van der Waals surface area contributed by atoms with Gasteiger partial charge in [-0.1, -0.05) is 22.9 Å². The van der Waals surface area contributed by atoms with Gasteiger partial charge in [-0.25, -0.2) is 28.5 Å².